The zero-order valence-electron chi connectivity index (χ0n) is 14.1. The fraction of sp³-hybridized carbons (Fsp3) is 0.333. The Balaban J connectivity index is 1.49. The van der Waals surface area contributed by atoms with E-state index in [1.54, 1.807) is 22.7 Å². The number of nitrogens with one attached hydrogen (secondary N) is 1. The van der Waals surface area contributed by atoms with Gasteiger partial charge in [-0.05, 0) is 49.2 Å². The van der Waals surface area contributed by atoms with Crippen LogP contribution in [0.3, 0.4) is 0 Å². The highest BCUT2D eigenvalue weighted by Gasteiger charge is 2.18. The Morgan fingerprint density at radius 3 is 2.69 bits per heavy atom. The van der Waals surface area contributed by atoms with Crippen LogP contribution >= 0.6 is 11.8 Å². The number of benzene rings is 1. The molecule has 6 nitrogen and oxygen atoms in total. The molecule has 1 aliphatic rings. The summed E-state index contributed by atoms with van der Waals surface area (Å²) in [5, 5.41) is 16.4. The van der Waals surface area contributed by atoms with E-state index in [1.165, 1.54) is 36.7 Å². The van der Waals surface area contributed by atoms with E-state index in [2.05, 4.69) is 20.6 Å². The van der Waals surface area contributed by atoms with Crippen LogP contribution in [0.2, 0.25) is 0 Å². The third kappa shape index (κ3) is 3.70. The van der Waals surface area contributed by atoms with Gasteiger partial charge in [0.15, 0.2) is 5.65 Å². The molecule has 1 aliphatic carbocycles. The summed E-state index contributed by atoms with van der Waals surface area (Å²) in [6, 6.07) is 10.1. The van der Waals surface area contributed by atoms with E-state index in [4.69, 9.17) is 0 Å². The highest BCUT2D eigenvalue weighted by molar-refractivity contribution is 7.99. The maximum atomic E-state index is 13.1. The number of hydrogen-bond donors (Lipinski definition) is 1. The van der Waals surface area contributed by atoms with Gasteiger partial charge >= 0.3 is 0 Å². The van der Waals surface area contributed by atoms with Crippen molar-refractivity contribution >= 4 is 23.3 Å². The molecule has 134 valence electrons. The van der Waals surface area contributed by atoms with E-state index in [9.17, 15) is 9.18 Å². The molecular weight excluding hydrogens is 353 g/mol. The summed E-state index contributed by atoms with van der Waals surface area (Å²) in [6.07, 6.45) is 4.49. The monoisotopic (exact) mass is 371 g/mol. The molecule has 0 unspecified atom stereocenters. The molecule has 1 saturated carbocycles. The molecule has 26 heavy (non-hydrogen) atoms. The van der Waals surface area contributed by atoms with E-state index in [0.29, 0.717) is 22.5 Å². The van der Waals surface area contributed by atoms with E-state index in [0.717, 1.165) is 18.4 Å². The zero-order valence-corrected chi connectivity index (χ0v) is 14.9. The van der Waals surface area contributed by atoms with Gasteiger partial charge in [0.05, 0.1) is 11.4 Å². The number of aromatic nitrogens is 4. The Bertz CT molecular complexity index is 921. The molecule has 4 rings (SSSR count). The molecule has 0 bridgehead atoms. The molecule has 8 heteroatoms. The maximum Gasteiger partial charge on any atom is 0.230 e. The minimum atomic E-state index is -0.288. The van der Waals surface area contributed by atoms with Crippen LogP contribution < -0.4 is 5.32 Å². The van der Waals surface area contributed by atoms with Crippen molar-refractivity contribution in [2.45, 2.75) is 36.9 Å². The van der Waals surface area contributed by atoms with Crippen LogP contribution in [-0.4, -0.2) is 37.5 Å². The van der Waals surface area contributed by atoms with Gasteiger partial charge in [0.1, 0.15) is 5.82 Å². The average Bonchev–Trinajstić information content (AvgIpc) is 3.30. The van der Waals surface area contributed by atoms with Crippen molar-refractivity contribution in [3.8, 4) is 11.3 Å². The summed E-state index contributed by atoms with van der Waals surface area (Å²) in [4.78, 5) is 12.1. The van der Waals surface area contributed by atoms with Gasteiger partial charge in [0, 0.05) is 11.6 Å². The van der Waals surface area contributed by atoms with Crippen LogP contribution in [0.15, 0.2) is 41.6 Å². The van der Waals surface area contributed by atoms with Crippen molar-refractivity contribution in [3.63, 3.8) is 0 Å². The fourth-order valence-electron chi connectivity index (χ4n) is 3.10. The van der Waals surface area contributed by atoms with Gasteiger partial charge in [-0.1, -0.05) is 24.6 Å². The van der Waals surface area contributed by atoms with E-state index >= 15 is 0 Å². The first-order chi connectivity index (χ1) is 12.7. The number of halogens is 1. The van der Waals surface area contributed by atoms with Gasteiger partial charge in [-0.15, -0.1) is 10.2 Å². The van der Waals surface area contributed by atoms with Crippen LogP contribution in [0.4, 0.5) is 4.39 Å². The Labute approximate surface area is 154 Å². The molecule has 0 radical (unpaired) electrons. The second kappa shape index (κ2) is 7.41. The quantitative estimate of drug-likeness (QED) is 0.698. The third-order valence-electron chi connectivity index (χ3n) is 4.43. The Hall–Kier alpha value is -2.48. The standard InChI is InChI=1S/C18H18FN5OS/c19-13-7-5-12(6-8-13)15-9-10-16-21-22-18(24(16)23-15)26-11-17(25)20-14-3-1-2-4-14/h5-10,14H,1-4,11H2,(H,20,25). The maximum absolute atomic E-state index is 13.1. The first-order valence-corrected chi connectivity index (χ1v) is 9.58. The van der Waals surface area contributed by atoms with Gasteiger partial charge < -0.3 is 5.32 Å². The molecule has 0 spiro atoms. The van der Waals surface area contributed by atoms with Gasteiger partial charge in [-0.3, -0.25) is 4.79 Å². The Morgan fingerprint density at radius 1 is 1.15 bits per heavy atom. The summed E-state index contributed by atoms with van der Waals surface area (Å²) in [7, 11) is 0. The molecule has 2 aromatic heterocycles. The van der Waals surface area contributed by atoms with Crippen LogP contribution in [0.1, 0.15) is 25.7 Å². The summed E-state index contributed by atoms with van der Waals surface area (Å²) < 4.78 is 14.7. The highest BCUT2D eigenvalue weighted by Crippen LogP contribution is 2.22. The number of fused-ring (bicyclic) bond motifs is 1. The summed E-state index contributed by atoms with van der Waals surface area (Å²) in [6.45, 7) is 0. The second-order valence-electron chi connectivity index (χ2n) is 6.32. The van der Waals surface area contributed by atoms with Crippen LogP contribution in [-0.2, 0) is 4.79 Å². The predicted molar refractivity (Wildman–Crippen MR) is 97.3 cm³/mol. The number of rotatable bonds is 5. The lowest BCUT2D eigenvalue weighted by Gasteiger charge is -2.10. The Morgan fingerprint density at radius 2 is 1.92 bits per heavy atom. The molecule has 3 aromatic rings. The van der Waals surface area contributed by atoms with E-state index < -0.39 is 0 Å². The van der Waals surface area contributed by atoms with Gasteiger partial charge in [-0.25, -0.2) is 4.39 Å². The van der Waals surface area contributed by atoms with Crippen molar-refractivity contribution < 1.29 is 9.18 Å². The van der Waals surface area contributed by atoms with Crippen molar-refractivity contribution in [1.82, 2.24) is 25.1 Å². The molecule has 1 fully saturated rings. The van der Waals surface area contributed by atoms with Gasteiger partial charge in [0.25, 0.3) is 0 Å². The number of thioether (sulfide) groups is 1. The van der Waals surface area contributed by atoms with Crippen LogP contribution in [0.5, 0.6) is 0 Å². The summed E-state index contributed by atoms with van der Waals surface area (Å²) in [5.74, 6) is -0.00304. The molecular formula is C18H18FN5OS. The zero-order chi connectivity index (χ0) is 17.9. The van der Waals surface area contributed by atoms with Crippen LogP contribution in [0.25, 0.3) is 16.9 Å². The number of hydrogen-bond acceptors (Lipinski definition) is 5. The molecule has 0 aliphatic heterocycles. The fourth-order valence-corrected chi connectivity index (χ4v) is 3.80. The van der Waals surface area contributed by atoms with Crippen molar-refractivity contribution in [2.24, 2.45) is 0 Å². The largest absolute Gasteiger partial charge is 0.353 e. The van der Waals surface area contributed by atoms with Crippen molar-refractivity contribution in [2.75, 3.05) is 5.75 Å². The number of carbonyl (C=O) groups excluding carboxylic acids is 1. The van der Waals surface area contributed by atoms with Crippen molar-refractivity contribution in [1.29, 1.82) is 0 Å². The topological polar surface area (TPSA) is 72.2 Å². The first kappa shape index (κ1) is 17.0. The van der Waals surface area contributed by atoms with Gasteiger partial charge in [0.2, 0.25) is 11.1 Å². The SMILES string of the molecule is O=C(CSc1nnc2ccc(-c3ccc(F)cc3)nn12)NC1CCCC1. The van der Waals surface area contributed by atoms with Crippen molar-refractivity contribution in [3.05, 3.63) is 42.2 Å². The molecule has 1 amide bonds. The second-order valence-corrected chi connectivity index (χ2v) is 7.26. The molecule has 2 heterocycles. The first-order valence-electron chi connectivity index (χ1n) is 8.59. The smallest absolute Gasteiger partial charge is 0.230 e. The minimum Gasteiger partial charge on any atom is -0.353 e. The lowest BCUT2D eigenvalue weighted by Crippen LogP contribution is -2.33. The van der Waals surface area contributed by atoms with E-state index in [-0.39, 0.29) is 17.5 Å². The molecule has 0 saturated heterocycles. The number of amides is 1. The minimum absolute atomic E-state index is 0.00772. The lowest BCUT2D eigenvalue weighted by atomic mass is 10.1. The highest BCUT2D eigenvalue weighted by atomic mass is 32.2. The molecule has 1 aromatic carbocycles. The Kier molecular flexibility index (Phi) is 4.83. The number of carbonyl (C=O) groups is 1. The number of nitrogens with zero attached hydrogens (tertiary/aromatic N) is 4. The summed E-state index contributed by atoms with van der Waals surface area (Å²) in [5.41, 5.74) is 2.10. The molecule has 1 N–H and O–H groups in total. The summed E-state index contributed by atoms with van der Waals surface area (Å²) >= 11 is 1.31. The predicted octanol–water partition coefficient (Wildman–Crippen LogP) is 3.08. The van der Waals surface area contributed by atoms with E-state index in [1.807, 2.05) is 6.07 Å². The normalized spacial score (nSPS) is 14.8. The van der Waals surface area contributed by atoms with Crippen LogP contribution in [0, 0.1) is 5.82 Å². The lowest BCUT2D eigenvalue weighted by molar-refractivity contribution is -0.119. The van der Waals surface area contributed by atoms with Gasteiger partial charge in [-0.2, -0.15) is 9.61 Å². The average molecular weight is 371 g/mol. The third-order valence-corrected chi connectivity index (χ3v) is 5.35. The molecule has 0 atom stereocenters.